The number of methoxy groups -OCH3 is 2. The topological polar surface area (TPSA) is 21.7 Å². The Labute approximate surface area is 87.4 Å². The number of ether oxygens (including phenoxy) is 2. The number of nitrogens with zero attached hydrogens (tertiary/aromatic N) is 1. The summed E-state index contributed by atoms with van der Waals surface area (Å²) in [6.07, 6.45) is 3.40. The van der Waals surface area contributed by atoms with E-state index in [1.807, 2.05) is 0 Å². The summed E-state index contributed by atoms with van der Waals surface area (Å²) in [5.74, 6) is -0.301. The van der Waals surface area contributed by atoms with Crippen molar-refractivity contribution in [2.24, 2.45) is 0 Å². The lowest BCUT2D eigenvalue weighted by molar-refractivity contribution is -0.143. The second-order valence-electron chi connectivity index (χ2n) is 3.98. The van der Waals surface area contributed by atoms with Crippen molar-refractivity contribution < 1.29 is 9.47 Å². The van der Waals surface area contributed by atoms with Crippen molar-refractivity contribution in [1.82, 2.24) is 4.90 Å². The molecule has 0 heterocycles. The first kappa shape index (κ1) is 12.0. The molecular weight excluding hydrogens is 178 g/mol. The molecule has 1 atom stereocenters. The maximum Gasteiger partial charge on any atom is 0.185 e. The van der Waals surface area contributed by atoms with Gasteiger partial charge in [-0.25, -0.2) is 0 Å². The number of rotatable bonds is 7. The van der Waals surface area contributed by atoms with Crippen LogP contribution in [0.5, 0.6) is 0 Å². The maximum absolute atomic E-state index is 5.42. The zero-order chi connectivity index (χ0) is 10.6. The molecule has 0 bridgehead atoms. The third kappa shape index (κ3) is 2.27. The Kier molecular flexibility index (Phi) is 4.35. The molecule has 0 saturated heterocycles. The summed E-state index contributed by atoms with van der Waals surface area (Å²) in [5.41, 5.74) is 0. The van der Waals surface area contributed by atoms with Crippen molar-refractivity contribution in [2.75, 3.05) is 27.3 Å². The summed E-state index contributed by atoms with van der Waals surface area (Å²) in [7, 11) is 3.47. The highest BCUT2D eigenvalue weighted by Gasteiger charge is 2.58. The van der Waals surface area contributed by atoms with Crippen LogP contribution in [0.25, 0.3) is 0 Å². The van der Waals surface area contributed by atoms with E-state index in [1.54, 1.807) is 14.2 Å². The van der Waals surface area contributed by atoms with Crippen LogP contribution < -0.4 is 0 Å². The van der Waals surface area contributed by atoms with Gasteiger partial charge in [0, 0.05) is 20.6 Å². The van der Waals surface area contributed by atoms with E-state index in [1.165, 1.54) is 12.8 Å². The van der Waals surface area contributed by atoms with Crippen molar-refractivity contribution in [2.45, 2.75) is 44.9 Å². The molecule has 0 aromatic heterocycles. The molecule has 84 valence electrons. The fourth-order valence-corrected chi connectivity index (χ4v) is 2.14. The van der Waals surface area contributed by atoms with Gasteiger partial charge in [-0.3, -0.25) is 4.90 Å². The zero-order valence-corrected chi connectivity index (χ0v) is 9.88. The van der Waals surface area contributed by atoms with E-state index in [-0.39, 0.29) is 5.79 Å². The van der Waals surface area contributed by atoms with Gasteiger partial charge in [-0.05, 0) is 25.9 Å². The second kappa shape index (κ2) is 5.10. The van der Waals surface area contributed by atoms with Crippen LogP contribution in [0.15, 0.2) is 0 Å². The summed E-state index contributed by atoms with van der Waals surface area (Å²) >= 11 is 0. The van der Waals surface area contributed by atoms with Crippen molar-refractivity contribution in [3.8, 4) is 0 Å². The van der Waals surface area contributed by atoms with Crippen LogP contribution in [0.2, 0.25) is 0 Å². The fourth-order valence-electron chi connectivity index (χ4n) is 2.14. The Morgan fingerprint density at radius 1 is 1.14 bits per heavy atom. The van der Waals surface area contributed by atoms with Gasteiger partial charge in [0.1, 0.15) is 0 Å². The molecule has 0 spiro atoms. The van der Waals surface area contributed by atoms with Crippen LogP contribution in [-0.2, 0) is 9.47 Å². The smallest absolute Gasteiger partial charge is 0.185 e. The molecule has 0 aromatic carbocycles. The first-order valence-corrected chi connectivity index (χ1v) is 5.58. The van der Waals surface area contributed by atoms with Gasteiger partial charge in [0.15, 0.2) is 5.79 Å². The lowest BCUT2D eigenvalue weighted by Gasteiger charge is -2.24. The molecule has 0 N–H and O–H groups in total. The lowest BCUT2D eigenvalue weighted by Crippen LogP contribution is -2.35. The van der Waals surface area contributed by atoms with Gasteiger partial charge in [0.05, 0.1) is 6.04 Å². The SMILES string of the molecule is CCCN(CCC)C1CC1(OC)OC. The molecule has 3 nitrogen and oxygen atoms in total. The summed E-state index contributed by atoms with van der Waals surface area (Å²) in [5, 5.41) is 0. The van der Waals surface area contributed by atoms with Crippen LogP contribution in [0.1, 0.15) is 33.1 Å². The molecule has 0 aliphatic heterocycles. The van der Waals surface area contributed by atoms with E-state index in [0.29, 0.717) is 6.04 Å². The molecule has 1 unspecified atom stereocenters. The van der Waals surface area contributed by atoms with E-state index in [2.05, 4.69) is 18.7 Å². The molecule has 1 aliphatic carbocycles. The normalized spacial score (nSPS) is 24.2. The molecule has 14 heavy (non-hydrogen) atoms. The minimum absolute atomic E-state index is 0.301. The Bertz CT molecular complexity index is 163. The Balaban J connectivity index is 2.46. The van der Waals surface area contributed by atoms with Gasteiger partial charge in [0.25, 0.3) is 0 Å². The Hall–Kier alpha value is -0.120. The molecule has 1 aliphatic rings. The molecular formula is C11H23NO2. The molecule has 0 amide bonds. The minimum Gasteiger partial charge on any atom is -0.352 e. The predicted molar refractivity (Wildman–Crippen MR) is 57.3 cm³/mol. The first-order valence-electron chi connectivity index (χ1n) is 5.58. The standard InChI is InChI=1S/C11H23NO2/c1-5-7-12(8-6-2)10-9-11(10,13-3)14-4/h10H,5-9H2,1-4H3. The minimum atomic E-state index is -0.301. The maximum atomic E-state index is 5.42. The van der Waals surface area contributed by atoms with E-state index in [9.17, 15) is 0 Å². The lowest BCUT2D eigenvalue weighted by atomic mass is 10.3. The van der Waals surface area contributed by atoms with Crippen LogP contribution in [0.4, 0.5) is 0 Å². The van der Waals surface area contributed by atoms with Gasteiger partial charge in [-0.1, -0.05) is 13.8 Å². The Morgan fingerprint density at radius 3 is 1.93 bits per heavy atom. The Morgan fingerprint density at radius 2 is 1.64 bits per heavy atom. The molecule has 1 fully saturated rings. The van der Waals surface area contributed by atoms with E-state index in [0.717, 1.165) is 19.5 Å². The quantitative estimate of drug-likeness (QED) is 0.587. The fraction of sp³-hybridized carbons (Fsp3) is 1.00. The van der Waals surface area contributed by atoms with Gasteiger partial charge in [-0.2, -0.15) is 0 Å². The first-order chi connectivity index (χ1) is 6.74. The van der Waals surface area contributed by atoms with Crippen LogP contribution >= 0.6 is 0 Å². The van der Waals surface area contributed by atoms with Crippen LogP contribution in [-0.4, -0.2) is 44.0 Å². The van der Waals surface area contributed by atoms with Gasteiger partial charge in [0.2, 0.25) is 0 Å². The highest BCUT2D eigenvalue weighted by molar-refractivity contribution is 5.05. The third-order valence-corrected chi connectivity index (χ3v) is 2.98. The summed E-state index contributed by atoms with van der Waals surface area (Å²) in [4.78, 5) is 2.48. The molecule has 0 radical (unpaired) electrons. The van der Waals surface area contributed by atoms with Crippen molar-refractivity contribution in [1.29, 1.82) is 0 Å². The number of hydrogen-bond donors (Lipinski definition) is 0. The third-order valence-electron chi connectivity index (χ3n) is 2.98. The number of hydrogen-bond acceptors (Lipinski definition) is 3. The second-order valence-corrected chi connectivity index (χ2v) is 3.98. The monoisotopic (exact) mass is 201 g/mol. The van der Waals surface area contributed by atoms with E-state index in [4.69, 9.17) is 9.47 Å². The summed E-state index contributed by atoms with van der Waals surface area (Å²) in [6, 6.07) is 0.470. The van der Waals surface area contributed by atoms with Gasteiger partial charge in [-0.15, -0.1) is 0 Å². The highest BCUT2D eigenvalue weighted by Crippen LogP contribution is 2.44. The molecule has 1 saturated carbocycles. The van der Waals surface area contributed by atoms with Crippen molar-refractivity contribution >= 4 is 0 Å². The average molecular weight is 201 g/mol. The summed E-state index contributed by atoms with van der Waals surface area (Å²) in [6.45, 7) is 6.72. The average Bonchev–Trinajstić information content (AvgIpc) is 2.93. The van der Waals surface area contributed by atoms with E-state index >= 15 is 0 Å². The summed E-state index contributed by atoms with van der Waals surface area (Å²) < 4.78 is 10.8. The zero-order valence-electron chi connectivity index (χ0n) is 9.88. The van der Waals surface area contributed by atoms with Crippen LogP contribution in [0, 0.1) is 0 Å². The molecule has 1 rings (SSSR count). The van der Waals surface area contributed by atoms with Crippen LogP contribution in [0.3, 0.4) is 0 Å². The van der Waals surface area contributed by atoms with Crippen molar-refractivity contribution in [3.63, 3.8) is 0 Å². The predicted octanol–water partition coefficient (Wildman–Crippen LogP) is 1.87. The van der Waals surface area contributed by atoms with Gasteiger partial charge >= 0.3 is 0 Å². The molecule has 3 heteroatoms. The van der Waals surface area contributed by atoms with Gasteiger partial charge < -0.3 is 9.47 Å². The van der Waals surface area contributed by atoms with E-state index < -0.39 is 0 Å². The van der Waals surface area contributed by atoms with Crippen molar-refractivity contribution in [3.05, 3.63) is 0 Å². The highest BCUT2D eigenvalue weighted by atomic mass is 16.7. The molecule has 0 aromatic rings. The largest absolute Gasteiger partial charge is 0.352 e.